The van der Waals surface area contributed by atoms with E-state index in [0.29, 0.717) is 19.8 Å². The zero-order chi connectivity index (χ0) is 16.5. The molecule has 1 atom stereocenters. The molecule has 0 saturated carbocycles. The van der Waals surface area contributed by atoms with E-state index in [1.54, 1.807) is 12.4 Å². The Kier molecular flexibility index (Phi) is 3.82. The molecule has 4 rings (SSSR count). The maximum Gasteiger partial charge on any atom is 0.163 e. The normalized spacial score (nSPS) is 14.8. The fourth-order valence-electron chi connectivity index (χ4n) is 2.93. The summed E-state index contributed by atoms with van der Waals surface area (Å²) in [5, 5.41) is 0. The van der Waals surface area contributed by atoms with Gasteiger partial charge in [0.2, 0.25) is 0 Å². The standard InChI is InChI=1S/C18H20N4O2/c1-2-13(19)11-22-15-10-17-16(23-7-8-24-17)9-14(15)21-18(22)12-3-5-20-6-4-12/h3-6,9-10,13H,2,7-8,11,19H2,1H3. The van der Waals surface area contributed by atoms with Crippen LogP contribution in [-0.2, 0) is 6.54 Å². The predicted molar refractivity (Wildman–Crippen MR) is 92.2 cm³/mol. The highest BCUT2D eigenvalue weighted by atomic mass is 16.6. The molecule has 6 heteroatoms. The van der Waals surface area contributed by atoms with E-state index in [4.69, 9.17) is 20.2 Å². The van der Waals surface area contributed by atoms with Crippen LogP contribution < -0.4 is 15.2 Å². The van der Waals surface area contributed by atoms with Gasteiger partial charge in [0.1, 0.15) is 19.0 Å². The summed E-state index contributed by atoms with van der Waals surface area (Å²) in [5.74, 6) is 2.40. The largest absolute Gasteiger partial charge is 0.486 e. The predicted octanol–water partition coefficient (Wildman–Crippen LogP) is 2.61. The quantitative estimate of drug-likeness (QED) is 0.798. The first-order valence-corrected chi connectivity index (χ1v) is 8.22. The van der Waals surface area contributed by atoms with Crippen molar-refractivity contribution in [2.24, 2.45) is 5.73 Å². The van der Waals surface area contributed by atoms with Crippen molar-refractivity contribution in [1.82, 2.24) is 14.5 Å². The molecule has 124 valence electrons. The van der Waals surface area contributed by atoms with Gasteiger partial charge in [-0.3, -0.25) is 4.98 Å². The Bertz CT molecular complexity index is 860. The van der Waals surface area contributed by atoms with Gasteiger partial charge in [0.15, 0.2) is 11.5 Å². The number of nitrogens with zero attached hydrogens (tertiary/aromatic N) is 3. The van der Waals surface area contributed by atoms with Crippen LogP contribution in [0, 0.1) is 0 Å². The van der Waals surface area contributed by atoms with Gasteiger partial charge >= 0.3 is 0 Å². The van der Waals surface area contributed by atoms with Gasteiger partial charge in [-0.2, -0.15) is 0 Å². The Balaban J connectivity index is 1.91. The van der Waals surface area contributed by atoms with Crippen LogP contribution in [-0.4, -0.2) is 33.8 Å². The molecule has 0 aliphatic carbocycles. The van der Waals surface area contributed by atoms with Crippen molar-refractivity contribution in [2.75, 3.05) is 13.2 Å². The van der Waals surface area contributed by atoms with Gasteiger partial charge < -0.3 is 19.8 Å². The molecule has 2 N–H and O–H groups in total. The number of rotatable bonds is 4. The lowest BCUT2D eigenvalue weighted by Gasteiger charge is -2.19. The van der Waals surface area contributed by atoms with Crippen LogP contribution in [0.15, 0.2) is 36.7 Å². The van der Waals surface area contributed by atoms with Crippen molar-refractivity contribution in [3.8, 4) is 22.9 Å². The number of fused-ring (bicyclic) bond motifs is 2. The molecule has 0 bridgehead atoms. The van der Waals surface area contributed by atoms with Gasteiger partial charge in [-0.05, 0) is 18.6 Å². The van der Waals surface area contributed by atoms with Crippen LogP contribution in [0.5, 0.6) is 11.5 Å². The molecule has 1 aliphatic rings. The maximum atomic E-state index is 6.22. The lowest BCUT2D eigenvalue weighted by Crippen LogP contribution is -2.25. The molecular formula is C18H20N4O2. The van der Waals surface area contributed by atoms with Crippen LogP contribution in [0.3, 0.4) is 0 Å². The molecule has 0 saturated heterocycles. The van der Waals surface area contributed by atoms with Gasteiger partial charge in [-0.15, -0.1) is 0 Å². The number of aromatic nitrogens is 3. The second-order valence-corrected chi connectivity index (χ2v) is 5.93. The van der Waals surface area contributed by atoms with E-state index in [1.807, 2.05) is 24.3 Å². The topological polar surface area (TPSA) is 75.2 Å². The summed E-state index contributed by atoms with van der Waals surface area (Å²) in [5.41, 5.74) is 9.13. The molecule has 0 radical (unpaired) electrons. The highest BCUT2D eigenvalue weighted by Gasteiger charge is 2.19. The number of nitrogens with two attached hydrogens (primary N) is 1. The molecule has 3 heterocycles. The fourth-order valence-corrected chi connectivity index (χ4v) is 2.93. The Morgan fingerprint density at radius 3 is 2.58 bits per heavy atom. The molecule has 24 heavy (non-hydrogen) atoms. The molecule has 0 spiro atoms. The highest BCUT2D eigenvalue weighted by Crippen LogP contribution is 2.36. The number of ether oxygens (including phenoxy) is 2. The van der Waals surface area contributed by atoms with E-state index in [1.165, 1.54) is 0 Å². The van der Waals surface area contributed by atoms with Crippen molar-refractivity contribution in [3.63, 3.8) is 0 Å². The van der Waals surface area contributed by atoms with Crippen molar-refractivity contribution < 1.29 is 9.47 Å². The van der Waals surface area contributed by atoms with E-state index in [0.717, 1.165) is 40.3 Å². The van der Waals surface area contributed by atoms with E-state index in [2.05, 4.69) is 16.5 Å². The van der Waals surface area contributed by atoms with Gasteiger partial charge in [0.05, 0.1) is 11.0 Å². The number of hydrogen-bond acceptors (Lipinski definition) is 5. The molecule has 2 aromatic heterocycles. The number of imidazole rings is 1. The fraction of sp³-hybridized carbons (Fsp3) is 0.333. The first kappa shape index (κ1) is 15.0. The number of benzene rings is 1. The summed E-state index contributed by atoms with van der Waals surface area (Å²) in [4.78, 5) is 8.92. The van der Waals surface area contributed by atoms with Gasteiger partial charge in [-0.25, -0.2) is 4.98 Å². The molecule has 6 nitrogen and oxygen atoms in total. The number of hydrogen-bond donors (Lipinski definition) is 1. The first-order valence-electron chi connectivity index (χ1n) is 8.22. The third-order valence-electron chi connectivity index (χ3n) is 4.29. The smallest absolute Gasteiger partial charge is 0.163 e. The van der Waals surface area contributed by atoms with Crippen molar-refractivity contribution in [3.05, 3.63) is 36.7 Å². The van der Waals surface area contributed by atoms with Crippen molar-refractivity contribution in [2.45, 2.75) is 25.9 Å². The minimum atomic E-state index is 0.0659. The zero-order valence-corrected chi connectivity index (χ0v) is 13.6. The Hall–Kier alpha value is -2.60. The SMILES string of the molecule is CCC(N)Cn1c(-c2ccncc2)nc2cc3c(cc21)OCCO3. The van der Waals surface area contributed by atoms with E-state index in [-0.39, 0.29) is 6.04 Å². The van der Waals surface area contributed by atoms with Crippen LogP contribution in [0.25, 0.3) is 22.4 Å². The Morgan fingerprint density at radius 1 is 1.17 bits per heavy atom. The summed E-state index contributed by atoms with van der Waals surface area (Å²) in [7, 11) is 0. The molecular weight excluding hydrogens is 304 g/mol. The third kappa shape index (κ3) is 2.59. The summed E-state index contributed by atoms with van der Waals surface area (Å²) < 4.78 is 13.6. The average Bonchev–Trinajstić information content (AvgIpc) is 2.98. The first-order chi connectivity index (χ1) is 11.8. The summed E-state index contributed by atoms with van der Waals surface area (Å²) in [6, 6.07) is 7.94. The summed E-state index contributed by atoms with van der Waals surface area (Å²) >= 11 is 0. The zero-order valence-electron chi connectivity index (χ0n) is 13.6. The lowest BCUT2D eigenvalue weighted by molar-refractivity contribution is 0.172. The van der Waals surface area contributed by atoms with Gasteiger partial charge in [0, 0.05) is 42.7 Å². The Labute approximate surface area is 140 Å². The summed E-state index contributed by atoms with van der Waals surface area (Å²) in [6.07, 6.45) is 4.45. The summed E-state index contributed by atoms with van der Waals surface area (Å²) in [6.45, 7) is 3.93. The maximum absolute atomic E-state index is 6.22. The second kappa shape index (κ2) is 6.13. The average molecular weight is 324 g/mol. The Morgan fingerprint density at radius 2 is 1.88 bits per heavy atom. The number of pyridine rings is 1. The van der Waals surface area contributed by atoms with E-state index >= 15 is 0 Å². The van der Waals surface area contributed by atoms with Crippen LogP contribution >= 0.6 is 0 Å². The van der Waals surface area contributed by atoms with Crippen molar-refractivity contribution in [1.29, 1.82) is 0 Å². The lowest BCUT2D eigenvalue weighted by atomic mass is 10.2. The second-order valence-electron chi connectivity index (χ2n) is 5.93. The molecule has 0 fully saturated rings. The molecule has 1 unspecified atom stereocenters. The van der Waals surface area contributed by atoms with Crippen LogP contribution in [0.4, 0.5) is 0 Å². The van der Waals surface area contributed by atoms with E-state index < -0.39 is 0 Å². The molecule has 0 amide bonds. The van der Waals surface area contributed by atoms with E-state index in [9.17, 15) is 0 Å². The van der Waals surface area contributed by atoms with Crippen LogP contribution in [0.2, 0.25) is 0 Å². The molecule has 3 aromatic rings. The minimum absolute atomic E-state index is 0.0659. The monoisotopic (exact) mass is 324 g/mol. The van der Waals surface area contributed by atoms with Crippen molar-refractivity contribution >= 4 is 11.0 Å². The van der Waals surface area contributed by atoms with Crippen LogP contribution in [0.1, 0.15) is 13.3 Å². The highest BCUT2D eigenvalue weighted by molar-refractivity contribution is 5.84. The minimum Gasteiger partial charge on any atom is -0.486 e. The molecule has 1 aromatic carbocycles. The van der Waals surface area contributed by atoms with Gasteiger partial charge in [-0.1, -0.05) is 6.92 Å². The van der Waals surface area contributed by atoms with Gasteiger partial charge in [0.25, 0.3) is 0 Å². The third-order valence-corrected chi connectivity index (χ3v) is 4.29. The molecule has 1 aliphatic heterocycles.